The van der Waals surface area contributed by atoms with Gasteiger partial charge in [-0.25, -0.2) is 9.97 Å². The van der Waals surface area contributed by atoms with E-state index in [0.717, 1.165) is 11.3 Å². The molecule has 1 N–H and O–H groups in total. The predicted octanol–water partition coefficient (Wildman–Crippen LogP) is 2.50. The van der Waals surface area contributed by atoms with Crippen molar-refractivity contribution in [3.63, 3.8) is 0 Å². The molecule has 0 saturated carbocycles. The van der Waals surface area contributed by atoms with E-state index in [1.54, 1.807) is 26.4 Å². The maximum Gasteiger partial charge on any atom is 0.224 e. The van der Waals surface area contributed by atoms with Gasteiger partial charge >= 0.3 is 0 Å². The number of nitrogens with one attached hydrogen (secondary N) is 1. The van der Waals surface area contributed by atoms with Gasteiger partial charge in [-0.2, -0.15) is 0 Å². The summed E-state index contributed by atoms with van der Waals surface area (Å²) in [5.74, 6) is 1.34. The lowest BCUT2D eigenvalue weighted by atomic mass is 10.2. The summed E-state index contributed by atoms with van der Waals surface area (Å²) in [5, 5.41) is 2.70. The third-order valence-electron chi connectivity index (χ3n) is 2.60. The summed E-state index contributed by atoms with van der Waals surface area (Å²) in [4.78, 5) is 19.7. The van der Waals surface area contributed by atoms with Gasteiger partial charge in [0.25, 0.3) is 0 Å². The van der Waals surface area contributed by atoms with Crippen molar-refractivity contribution < 1.29 is 9.53 Å². The zero-order valence-corrected chi connectivity index (χ0v) is 10.9. The first-order valence-electron chi connectivity index (χ1n) is 5.99. The summed E-state index contributed by atoms with van der Waals surface area (Å²) in [6.07, 6.45) is 3.63. The Morgan fingerprint density at radius 1 is 1.21 bits per heavy atom. The fraction of sp³-hybridized carbons (Fsp3) is 0.214. The first-order valence-corrected chi connectivity index (χ1v) is 5.99. The number of anilines is 1. The summed E-state index contributed by atoms with van der Waals surface area (Å²) in [6.45, 7) is 1.79. The average Bonchev–Trinajstić information content (AvgIpc) is 2.48. The monoisotopic (exact) mass is 257 g/mol. The fourth-order valence-electron chi connectivity index (χ4n) is 1.53. The number of rotatable bonds is 4. The first-order chi connectivity index (χ1) is 9.22. The number of methoxy groups -OCH3 is 1. The van der Waals surface area contributed by atoms with Gasteiger partial charge in [0.05, 0.1) is 25.2 Å². The molecule has 0 spiro atoms. The number of amides is 1. The van der Waals surface area contributed by atoms with Crippen molar-refractivity contribution >= 4 is 11.6 Å². The number of hydrogen-bond acceptors (Lipinski definition) is 4. The summed E-state index contributed by atoms with van der Waals surface area (Å²) < 4.78 is 5.09. The van der Waals surface area contributed by atoms with Crippen LogP contribution in [0.3, 0.4) is 0 Å². The highest BCUT2D eigenvalue weighted by molar-refractivity contribution is 5.90. The first kappa shape index (κ1) is 13.0. The van der Waals surface area contributed by atoms with Gasteiger partial charge in [-0.3, -0.25) is 4.79 Å². The van der Waals surface area contributed by atoms with Crippen LogP contribution in [0.2, 0.25) is 0 Å². The third-order valence-corrected chi connectivity index (χ3v) is 2.60. The molecule has 5 nitrogen and oxygen atoms in total. The van der Waals surface area contributed by atoms with Gasteiger partial charge in [0, 0.05) is 12.0 Å². The molecule has 1 heterocycles. The van der Waals surface area contributed by atoms with Crippen LogP contribution in [0.25, 0.3) is 11.4 Å². The highest BCUT2D eigenvalue weighted by atomic mass is 16.5. The fourth-order valence-corrected chi connectivity index (χ4v) is 1.53. The zero-order chi connectivity index (χ0) is 13.7. The smallest absolute Gasteiger partial charge is 0.224 e. The highest BCUT2D eigenvalue weighted by Crippen LogP contribution is 2.19. The van der Waals surface area contributed by atoms with Crippen LogP contribution in [0.5, 0.6) is 5.75 Å². The Hall–Kier alpha value is -2.43. The second-order valence-electron chi connectivity index (χ2n) is 3.93. The summed E-state index contributed by atoms with van der Waals surface area (Å²) in [5.41, 5.74) is 1.50. The minimum Gasteiger partial charge on any atom is -0.497 e. The number of benzene rings is 1. The molecule has 0 aliphatic carbocycles. The van der Waals surface area contributed by atoms with Crippen molar-refractivity contribution in [1.82, 2.24) is 9.97 Å². The summed E-state index contributed by atoms with van der Waals surface area (Å²) >= 11 is 0. The second kappa shape index (κ2) is 5.95. The number of ether oxygens (including phenoxy) is 1. The van der Waals surface area contributed by atoms with E-state index in [1.165, 1.54) is 0 Å². The number of aromatic nitrogens is 2. The highest BCUT2D eigenvalue weighted by Gasteiger charge is 2.03. The SMILES string of the molecule is CCC(=O)Nc1cnc(-c2ccc(OC)cc2)nc1. The van der Waals surface area contributed by atoms with E-state index in [1.807, 2.05) is 24.3 Å². The van der Waals surface area contributed by atoms with Crippen molar-refractivity contribution in [3.05, 3.63) is 36.7 Å². The summed E-state index contributed by atoms with van der Waals surface area (Å²) in [6, 6.07) is 7.48. The van der Waals surface area contributed by atoms with Crippen LogP contribution in [0.1, 0.15) is 13.3 Å². The molecule has 0 bridgehead atoms. The molecule has 2 aromatic rings. The van der Waals surface area contributed by atoms with E-state index in [9.17, 15) is 4.79 Å². The van der Waals surface area contributed by atoms with E-state index in [2.05, 4.69) is 15.3 Å². The average molecular weight is 257 g/mol. The molecule has 0 atom stereocenters. The van der Waals surface area contributed by atoms with E-state index in [0.29, 0.717) is 17.9 Å². The topological polar surface area (TPSA) is 64.1 Å². The van der Waals surface area contributed by atoms with Gasteiger partial charge in [-0.1, -0.05) is 6.92 Å². The normalized spacial score (nSPS) is 10.0. The zero-order valence-electron chi connectivity index (χ0n) is 10.9. The third kappa shape index (κ3) is 3.28. The van der Waals surface area contributed by atoms with Crippen molar-refractivity contribution in [1.29, 1.82) is 0 Å². The van der Waals surface area contributed by atoms with Crippen molar-refractivity contribution in [3.8, 4) is 17.1 Å². The van der Waals surface area contributed by atoms with Gasteiger partial charge in [0.15, 0.2) is 5.82 Å². The van der Waals surface area contributed by atoms with Crippen LogP contribution >= 0.6 is 0 Å². The molecule has 0 aliphatic heterocycles. The molecule has 1 aromatic heterocycles. The van der Waals surface area contributed by atoms with Gasteiger partial charge in [-0.15, -0.1) is 0 Å². The molecule has 0 unspecified atom stereocenters. The number of nitrogens with zero attached hydrogens (tertiary/aromatic N) is 2. The van der Waals surface area contributed by atoms with Gasteiger partial charge in [-0.05, 0) is 24.3 Å². The maximum atomic E-state index is 11.2. The molecule has 2 rings (SSSR count). The van der Waals surface area contributed by atoms with Crippen LogP contribution < -0.4 is 10.1 Å². The number of carbonyl (C=O) groups is 1. The molecule has 0 saturated heterocycles. The molecular weight excluding hydrogens is 242 g/mol. The van der Waals surface area contributed by atoms with E-state index < -0.39 is 0 Å². The molecule has 0 radical (unpaired) electrons. The Labute approximate surface area is 111 Å². The maximum absolute atomic E-state index is 11.2. The van der Waals surface area contributed by atoms with Gasteiger partial charge < -0.3 is 10.1 Å². The Bertz CT molecular complexity index is 550. The standard InChI is InChI=1S/C14H15N3O2/c1-3-13(18)17-11-8-15-14(16-9-11)10-4-6-12(19-2)7-5-10/h4-9H,3H2,1-2H3,(H,17,18). The van der Waals surface area contributed by atoms with Crippen molar-refractivity contribution in [2.24, 2.45) is 0 Å². The van der Waals surface area contributed by atoms with E-state index >= 15 is 0 Å². The minimum absolute atomic E-state index is 0.0548. The quantitative estimate of drug-likeness (QED) is 0.914. The Kier molecular flexibility index (Phi) is 4.07. The molecule has 5 heteroatoms. The Morgan fingerprint density at radius 2 is 1.84 bits per heavy atom. The molecule has 19 heavy (non-hydrogen) atoms. The van der Waals surface area contributed by atoms with E-state index in [4.69, 9.17) is 4.74 Å². The summed E-state index contributed by atoms with van der Waals surface area (Å²) in [7, 11) is 1.62. The lowest BCUT2D eigenvalue weighted by Gasteiger charge is -2.05. The van der Waals surface area contributed by atoms with E-state index in [-0.39, 0.29) is 5.91 Å². The second-order valence-corrected chi connectivity index (χ2v) is 3.93. The lowest BCUT2D eigenvalue weighted by Crippen LogP contribution is -2.10. The largest absolute Gasteiger partial charge is 0.497 e. The molecule has 1 aromatic carbocycles. The molecular formula is C14H15N3O2. The molecule has 0 aliphatic rings. The number of carbonyl (C=O) groups excluding carboxylic acids is 1. The van der Waals surface area contributed by atoms with Crippen LogP contribution in [0, 0.1) is 0 Å². The molecule has 98 valence electrons. The molecule has 0 fully saturated rings. The minimum atomic E-state index is -0.0548. The Balaban J connectivity index is 2.14. The predicted molar refractivity (Wildman–Crippen MR) is 72.9 cm³/mol. The lowest BCUT2D eigenvalue weighted by molar-refractivity contribution is -0.115. The van der Waals surface area contributed by atoms with Crippen LogP contribution in [0.15, 0.2) is 36.7 Å². The van der Waals surface area contributed by atoms with Crippen LogP contribution in [0.4, 0.5) is 5.69 Å². The van der Waals surface area contributed by atoms with Crippen molar-refractivity contribution in [2.75, 3.05) is 12.4 Å². The number of hydrogen-bond donors (Lipinski definition) is 1. The van der Waals surface area contributed by atoms with Crippen LogP contribution in [-0.4, -0.2) is 23.0 Å². The van der Waals surface area contributed by atoms with Crippen molar-refractivity contribution in [2.45, 2.75) is 13.3 Å². The molecule has 1 amide bonds. The van der Waals surface area contributed by atoms with Crippen LogP contribution in [-0.2, 0) is 4.79 Å². The van der Waals surface area contributed by atoms with Gasteiger partial charge in [0.1, 0.15) is 5.75 Å². The Morgan fingerprint density at radius 3 is 2.37 bits per heavy atom. The van der Waals surface area contributed by atoms with Gasteiger partial charge in [0.2, 0.25) is 5.91 Å².